The predicted molar refractivity (Wildman–Crippen MR) is 153 cm³/mol. The van der Waals surface area contributed by atoms with Crippen molar-refractivity contribution >= 4 is 58.4 Å². The van der Waals surface area contributed by atoms with Crippen molar-refractivity contribution in [1.29, 1.82) is 0 Å². The van der Waals surface area contributed by atoms with Crippen molar-refractivity contribution < 1.29 is 102 Å². The first kappa shape index (κ1) is 39.9. The third-order valence-electron chi connectivity index (χ3n) is 5.39. The summed E-state index contributed by atoms with van der Waals surface area (Å²) in [6.07, 6.45) is 2.89. The van der Waals surface area contributed by atoms with Gasteiger partial charge in [0, 0.05) is 5.75 Å². The van der Waals surface area contributed by atoms with E-state index in [0.717, 1.165) is 6.07 Å². The molecule has 4 aromatic rings. The molecular formula is C27H21NNa2O10S4. The molecule has 0 bridgehead atoms. The Balaban J connectivity index is 0.00000152. The van der Waals surface area contributed by atoms with E-state index >= 15 is 0 Å². The summed E-state index contributed by atoms with van der Waals surface area (Å²) in [5.74, 6) is -0.212. The molecule has 0 radical (unpaired) electrons. The molecule has 0 aromatic heterocycles. The molecule has 0 fully saturated rings. The SMILES string of the molecule is O=S(=O)([O-])c1cc(NS(=O)(=O)c2ccccc2)ccc1/C=C/c1[c-]cc(CS(=O)(=O)c2ccccc2)cc1.O=S(=O)=O.[Na+].[Na+]. The van der Waals surface area contributed by atoms with Crippen LogP contribution in [0.15, 0.2) is 112 Å². The first-order valence-electron chi connectivity index (χ1n) is 11.6. The van der Waals surface area contributed by atoms with Gasteiger partial charge in [0.2, 0.25) is 0 Å². The average Bonchev–Trinajstić information content (AvgIpc) is 2.93. The van der Waals surface area contributed by atoms with Gasteiger partial charge < -0.3 is 4.55 Å². The summed E-state index contributed by atoms with van der Waals surface area (Å²) in [6.45, 7) is 0. The van der Waals surface area contributed by atoms with Gasteiger partial charge in [-0.1, -0.05) is 48.5 Å². The fourth-order valence-corrected chi connectivity index (χ4v) is 6.66. The molecule has 17 heteroatoms. The van der Waals surface area contributed by atoms with Crippen molar-refractivity contribution in [3.63, 3.8) is 0 Å². The van der Waals surface area contributed by atoms with Gasteiger partial charge in [0.05, 0.1) is 20.4 Å². The second-order valence-electron chi connectivity index (χ2n) is 8.39. The molecule has 4 rings (SSSR count). The molecule has 11 nitrogen and oxygen atoms in total. The summed E-state index contributed by atoms with van der Waals surface area (Å²) in [4.78, 5) is -0.413. The van der Waals surface area contributed by atoms with E-state index in [1.54, 1.807) is 48.5 Å². The smallest absolute Gasteiger partial charge is 0.744 e. The standard InChI is InChI=1S/C27H22NO7S3.2Na.O3S/c29-36(30,25-7-3-1-4-8-25)20-22-13-11-21(12-14-22)15-16-23-17-18-24(19-27(23)38(33,34)35)28-37(31,32)26-9-5-2-6-10-26;;;1-4(2)3/h1-11,13-19,28H,20H2,(H,33,34,35);;;/q-1;2*+1;/p-1/b16-15+;;;. The summed E-state index contributed by atoms with van der Waals surface area (Å²) in [6, 6.07) is 26.9. The number of hydrogen-bond donors (Lipinski definition) is 1. The Morgan fingerprint density at radius 1 is 0.727 bits per heavy atom. The van der Waals surface area contributed by atoms with Gasteiger partial charge in [-0.15, -0.1) is 48.5 Å². The second-order valence-corrected chi connectivity index (χ2v) is 13.8. The van der Waals surface area contributed by atoms with Crippen molar-refractivity contribution in [1.82, 2.24) is 0 Å². The summed E-state index contributed by atoms with van der Waals surface area (Å²) in [5.41, 5.74) is 0.987. The number of sulfone groups is 1. The van der Waals surface area contributed by atoms with Gasteiger partial charge in [-0.2, -0.15) is 5.56 Å². The van der Waals surface area contributed by atoms with Crippen LogP contribution in [0.3, 0.4) is 0 Å². The summed E-state index contributed by atoms with van der Waals surface area (Å²) >= 11 is 0. The molecule has 0 spiro atoms. The van der Waals surface area contributed by atoms with E-state index < -0.39 is 45.5 Å². The normalized spacial score (nSPS) is 11.3. The number of rotatable bonds is 9. The van der Waals surface area contributed by atoms with Crippen LogP contribution in [0.2, 0.25) is 0 Å². The summed E-state index contributed by atoms with van der Waals surface area (Å²) < 4.78 is 114. The molecule has 0 aliphatic carbocycles. The number of benzene rings is 4. The van der Waals surface area contributed by atoms with E-state index in [-0.39, 0.29) is 85.9 Å². The number of sulfonamides is 1. The molecule has 44 heavy (non-hydrogen) atoms. The number of anilines is 1. The van der Waals surface area contributed by atoms with Crippen LogP contribution in [-0.2, 0) is 46.3 Å². The van der Waals surface area contributed by atoms with Crippen LogP contribution in [0.1, 0.15) is 16.7 Å². The Labute approximate surface area is 301 Å². The van der Waals surface area contributed by atoms with Gasteiger partial charge in [0.25, 0.3) is 10.0 Å². The molecule has 1 N–H and O–H groups in total. The van der Waals surface area contributed by atoms with Gasteiger partial charge >= 0.3 is 69.7 Å². The monoisotopic (exact) mass is 693 g/mol. The Morgan fingerprint density at radius 3 is 1.77 bits per heavy atom. The Hall–Kier alpha value is -2.15. The van der Waals surface area contributed by atoms with Gasteiger partial charge in [0.1, 0.15) is 10.1 Å². The van der Waals surface area contributed by atoms with E-state index in [1.807, 2.05) is 0 Å². The average molecular weight is 694 g/mol. The van der Waals surface area contributed by atoms with Gasteiger partial charge in [0.15, 0.2) is 9.84 Å². The number of nitrogens with one attached hydrogen (secondary N) is 1. The first-order chi connectivity index (χ1) is 19.7. The van der Waals surface area contributed by atoms with Gasteiger partial charge in [-0.05, 0) is 42.0 Å². The van der Waals surface area contributed by atoms with Crippen molar-refractivity contribution in [2.45, 2.75) is 20.4 Å². The van der Waals surface area contributed by atoms with E-state index in [4.69, 9.17) is 12.6 Å². The molecule has 0 saturated heterocycles. The third-order valence-corrected chi connectivity index (χ3v) is 9.38. The third kappa shape index (κ3) is 12.3. The predicted octanol–water partition coefficient (Wildman–Crippen LogP) is -2.66. The van der Waals surface area contributed by atoms with Gasteiger partial charge in [-0.25, -0.2) is 25.3 Å². The van der Waals surface area contributed by atoms with Crippen LogP contribution in [0.4, 0.5) is 5.69 Å². The Kier molecular flexibility index (Phi) is 15.9. The minimum Gasteiger partial charge on any atom is -0.744 e. The zero-order valence-corrected chi connectivity index (χ0v) is 30.6. The second kappa shape index (κ2) is 17.5. The molecular weight excluding hydrogens is 673 g/mol. The minimum atomic E-state index is -4.95. The van der Waals surface area contributed by atoms with Gasteiger partial charge in [-0.3, -0.25) is 4.72 Å². The zero-order valence-electron chi connectivity index (χ0n) is 23.3. The molecule has 0 heterocycles. The maximum absolute atomic E-state index is 12.6. The number of hydrogen-bond acceptors (Lipinski definition) is 10. The molecule has 0 aliphatic heterocycles. The van der Waals surface area contributed by atoms with Crippen LogP contribution in [0, 0.1) is 6.07 Å². The van der Waals surface area contributed by atoms with Crippen LogP contribution >= 0.6 is 0 Å². The van der Waals surface area contributed by atoms with Crippen LogP contribution in [0.5, 0.6) is 0 Å². The van der Waals surface area contributed by atoms with E-state index in [1.165, 1.54) is 54.6 Å². The summed E-state index contributed by atoms with van der Waals surface area (Å²) in [5, 5.41) is 0. The fourth-order valence-electron chi connectivity index (χ4n) is 3.54. The van der Waals surface area contributed by atoms with Crippen molar-refractivity contribution in [3.05, 3.63) is 120 Å². The maximum Gasteiger partial charge on any atom is 1.00 e. The largest absolute Gasteiger partial charge is 1.00 e. The Bertz CT molecular complexity index is 2020. The van der Waals surface area contributed by atoms with E-state index in [0.29, 0.717) is 11.1 Å². The first-order valence-corrected chi connectivity index (χ1v) is 17.1. The molecule has 4 aromatic carbocycles. The van der Waals surface area contributed by atoms with Crippen molar-refractivity contribution in [2.24, 2.45) is 0 Å². The van der Waals surface area contributed by atoms with Crippen molar-refractivity contribution in [2.75, 3.05) is 4.72 Å². The maximum atomic E-state index is 12.6. The molecule has 0 saturated carbocycles. The van der Waals surface area contributed by atoms with Crippen LogP contribution in [-0.4, -0.2) is 42.4 Å². The van der Waals surface area contributed by atoms with Crippen LogP contribution in [0.25, 0.3) is 12.2 Å². The summed E-state index contributed by atoms with van der Waals surface area (Å²) in [7, 11) is -15.6. The van der Waals surface area contributed by atoms with E-state index in [2.05, 4.69) is 10.8 Å². The molecule has 220 valence electrons. The fraction of sp³-hybridized carbons (Fsp3) is 0.0370. The Morgan fingerprint density at radius 2 is 1.27 bits per heavy atom. The molecule has 0 atom stereocenters. The topological polar surface area (TPSA) is 189 Å². The van der Waals surface area contributed by atoms with Crippen LogP contribution < -0.4 is 63.8 Å². The molecule has 0 aliphatic rings. The minimum absolute atomic E-state index is 0. The zero-order chi connectivity index (χ0) is 31.0. The quantitative estimate of drug-likeness (QED) is 0.0839. The van der Waals surface area contributed by atoms with Crippen molar-refractivity contribution in [3.8, 4) is 0 Å². The van der Waals surface area contributed by atoms with E-state index in [9.17, 15) is 29.8 Å². The molecule has 0 amide bonds. The molecule has 0 unspecified atom stereocenters.